The molecule has 1 saturated carbocycles. The number of hydrogen-bond acceptors (Lipinski definition) is 3. The van der Waals surface area contributed by atoms with Gasteiger partial charge < -0.3 is 19.6 Å². The summed E-state index contributed by atoms with van der Waals surface area (Å²) in [6, 6.07) is 19.6. The van der Waals surface area contributed by atoms with Crippen LogP contribution >= 0.6 is 0 Å². The number of aryl methyl sites for hydroxylation is 1. The van der Waals surface area contributed by atoms with Crippen LogP contribution in [0.2, 0.25) is 0 Å². The van der Waals surface area contributed by atoms with Crippen molar-refractivity contribution in [3.63, 3.8) is 0 Å². The summed E-state index contributed by atoms with van der Waals surface area (Å²) in [6.45, 7) is 2.83. The second-order valence-corrected chi connectivity index (χ2v) is 8.72. The molecular weight excluding hydrogens is 414 g/mol. The van der Waals surface area contributed by atoms with Gasteiger partial charge in [-0.05, 0) is 61.2 Å². The molecule has 4 aromatic rings. The summed E-state index contributed by atoms with van der Waals surface area (Å²) in [5.74, 6) is 0.719. The Morgan fingerprint density at radius 3 is 2.55 bits per heavy atom. The Balaban J connectivity index is 1.34. The van der Waals surface area contributed by atoms with E-state index in [1.165, 1.54) is 0 Å². The van der Waals surface area contributed by atoms with Crippen molar-refractivity contribution in [1.29, 1.82) is 0 Å². The highest BCUT2D eigenvalue weighted by atomic mass is 16.3. The fourth-order valence-electron chi connectivity index (χ4n) is 4.13. The predicted molar refractivity (Wildman–Crippen MR) is 127 cm³/mol. The average molecular weight is 442 g/mol. The van der Waals surface area contributed by atoms with Crippen LogP contribution in [0, 0.1) is 6.92 Å². The third-order valence-electron chi connectivity index (χ3n) is 6.14. The Morgan fingerprint density at radius 1 is 1.03 bits per heavy atom. The van der Waals surface area contributed by atoms with Crippen molar-refractivity contribution in [3.8, 4) is 0 Å². The molecule has 33 heavy (non-hydrogen) atoms. The summed E-state index contributed by atoms with van der Waals surface area (Å²) < 4.78 is 5.52. The van der Waals surface area contributed by atoms with Crippen molar-refractivity contribution in [2.75, 3.05) is 0 Å². The molecule has 2 N–H and O–H groups in total. The minimum absolute atomic E-state index is 0.0230. The highest BCUT2D eigenvalue weighted by molar-refractivity contribution is 5.94. The van der Waals surface area contributed by atoms with Crippen LogP contribution in [0.4, 0.5) is 0 Å². The maximum absolute atomic E-state index is 13.4. The summed E-state index contributed by atoms with van der Waals surface area (Å²) in [4.78, 5) is 30.9. The molecule has 5 rings (SSSR count). The number of furan rings is 1. The van der Waals surface area contributed by atoms with E-state index in [4.69, 9.17) is 4.42 Å². The number of aromatic nitrogens is 1. The first kappa shape index (κ1) is 21.1. The highest BCUT2D eigenvalue weighted by Crippen LogP contribution is 2.24. The van der Waals surface area contributed by atoms with Gasteiger partial charge in [0.2, 0.25) is 5.91 Å². The number of benzene rings is 2. The van der Waals surface area contributed by atoms with Crippen molar-refractivity contribution in [3.05, 3.63) is 95.1 Å². The van der Waals surface area contributed by atoms with Crippen molar-refractivity contribution in [2.24, 2.45) is 0 Å². The summed E-state index contributed by atoms with van der Waals surface area (Å²) in [6.07, 6.45) is 4.04. The standard InChI is InChI=1S/C27H27N3O3/c1-18-24(23-6-2-3-7-25(23)28-18)15-26(31)30(17-22-5-4-14-33-22)16-19-8-10-20(11-9-19)27(32)29-21-12-13-21/h2-11,14,21,28H,12-13,15-17H2,1H3,(H,29,32). The van der Waals surface area contributed by atoms with Gasteiger partial charge >= 0.3 is 0 Å². The summed E-state index contributed by atoms with van der Waals surface area (Å²) in [7, 11) is 0. The molecule has 168 valence electrons. The maximum atomic E-state index is 13.4. The lowest BCUT2D eigenvalue weighted by Gasteiger charge is -2.22. The molecule has 0 saturated heterocycles. The number of rotatable bonds is 8. The largest absolute Gasteiger partial charge is 0.467 e. The Labute approximate surface area is 192 Å². The van der Waals surface area contributed by atoms with Gasteiger partial charge in [0.05, 0.1) is 19.2 Å². The molecule has 2 heterocycles. The molecule has 6 heteroatoms. The third kappa shape index (κ3) is 4.85. The number of nitrogens with zero attached hydrogens (tertiary/aromatic N) is 1. The molecule has 1 aliphatic carbocycles. The van der Waals surface area contributed by atoms with Crippen LogP contribution in [-0.4, -0.2) is 27.7 Å². The van der Waals surface area contributed by atoms with Crippen LogP contribution in [-0.2, 0) is 24.3 Å². The number of amides is 2. The molecule has 0 radical (unpaired) electrons. The summed E-state index contributed by atoms with van der Waals surface area (Å²) in [5.41, 5.74) is 4.67. The van der Waals surface area contributed by atoms with Crippen LogP contribution in [0.15, 0.2) is 71.3 Å². The zero-order valence-corrected chi connectivity index (χ0v) is 18.6. The van der Waals surface area contributed by atoms with Crippen molar-refractivity contribution >= 4 is 22.7 Å². The molecule has 0 atom stereocenters. The predicted octanol–water partition coefficient (Wildman–Crippen LogP) is 4.73. The number of hydrogen-bond donors (Lipinski definition) is 2. The Hall–Kier alpha value is -3.80. The van der Waals surface area contributed by atoms with E-state index in [0.717, 1.165) is 46.3 Å². The van der Waals surface area contributed by atoms with Crippen molar-refractivity contribution in [2.45, 2.75) is 45.3 Å². The molecule has 1 aliphatic rings. The first-order valence-electron chi connectivity index (χ1n) is 11.3. The van der Waals surface area contributed by atoms with E-state index in [9.17, 15) is 9.59 Å². The number of H-pyrrole nitrogens is 1. The van der Waals surface area contributed by atoms with Crippen LogP contribution < -0.4 is 5.32 Å². The monoisotopic (exact) mass is 441 g/mol. The lowest BCUT2D eigenvalue weighted by Crippen LogP contribution is -2.31. The van der Waals surface area contributed by atoms with Crippen LogP contribution in [0.1, 0.15) is 45.8 Å². The number of carbonyl (C=O) groups is 2. The molecule has 0 unspecified atom stereocenters. The summed E-state index contributed by atoms with van der Waals surface area (Å²) >= 11 is 0. The van der Waals surface area contributed by atoms with E-state index in [1.54, 1.807) is 11.2 Å². The molecule has 0 aliphatic heterocycles. The SMILES string of the molecule is Cc1[nH]c2ccccc2c1CC(=O)N(Cc1ccc(C(=O)NC2CC2)cc1)Cc1ccco1. The number of para-hydroxylation sites is 1. The molecule has 1 fully saturated rings. The first-order valence-corrected chi connectivity index (χ1v) is 11.3. The van der Waals surface area contributed by atoms with E-state index in [-0.39, 0.29) is 11.8 Å². The molecule has 2 amide bonds. The second kappa shape index (κ2) is 8.98. The van der Waals surface area contributed by atoms with E-state index in [1.807, 2.05) is 67.6 Å². The van der Waals surface area contributed by atoms with E-state index < -0.39 is 0 Å². The number of aromatic amines is 1. The van der Waals surface area contributed by atoms with E-state index in [2.05, 4.69) is 10.3 Å². The van der Waals surface area contributed by atoms with Gasteiger partial charge in [-0.2, -0.15) is 0 Å². The first-order chi connectivity index (χ1) is 16.1. The zero-order valence-electron chi connectivity index (χ0n) is 18.6. The van der Waals surface area contributed by atoms with Gasteiger partial charge in [-0.25, -0.2) is 0 Å². The molecule has 2 aromatic carbocycles. The lowest BCUT2D eigenvalue weighted by atomic mass is 10.1. The number of nitrogens with one attached hydrogen (secondary N) is 2. The lowest BCUT2D eigenvalue weighted by molar-refractivity contribution is -0.132. The Morgan fingerprint density at radius 2 is 1.82 bits per heavy atom. The fraction of sp³-hybridized carbons (Fsp3) is 0.259. The van der Waals surface area contributed by atoms with Crippen LogP contribution in [0.3, 0.4) is 0 Å². The van der Waals surface area contributed by atoms with E-state index in [0.29, 0.717) is 31.1 Å². The van der Waals surface area contributed by atoms with Crippen molar-refractivity contribution < 1.29 is 14.0 Å². The van der Waals surface area contributed by atoms with Gasteiger partial charge in [-0.3, -0.25) is 9.59 Å². The molecule has 6 nitrogen and oxygen atoms in total. The van der Waals surface area contributed by atoms with Gasteiger partial charge in [0.1, 0.15) is 5.76 Å². The zero-order chi connectivity index (χ0) is 22.8. The van der Waals surface area contributed by atoms with Gasteiger partial charge in [-0.1, -0.05) is 30.3 Å². The van der Waals surface area contributed by atoms with E-state index >= 15 is 0 Å². The van der Waals surface area contributed by atoms with Crippen molar-refractivity contribution in [1.82, 2.24) is 15.2 Å². The minimum Gasteiger partial charge on any atom is -0.467 e. The van der Waals surface area contributed by atoms with Crippen LogP contribution in [0.25, 0.3) is 10.9 Å². The number of carbonyl (C=O) groups excluding carboxylic acids is 2. The molecule has 0 bridgehead atoms. The molecule has 0 spiro atoms. The van der Waals surface area contributed by atoms with Gasteiger partial charge in [0, 0.05) is 34.7 Å². The second-order valence-electron chi connectivity index (χ2n) is 8.72. The quantitative estimate of drug-likeness (QED) is 0.415. The maximum Gasteiger partial charge on any atom is 0.251 e. The average Bonchev–Trinajstić information content (AvgIpc) is 3.37. The van der Waals surface area contributed by atoms with Crippen LogP contribution in [0.5, 0.6) is 0 Å². The molecular formula is C27H27N3O3. The third-order valence-corrected chi connectivity index (χ3v) is 6.14. The smallest absolute Gasteiger partial charge is 0.251 e. The fourth-order valence-corrected chi connectivity index (χ4v) is 4.13. The highest BCUT2D eigenvalue weighted by Gasteiger charge is 2.24. The minimum atomic E-state index is -0.0395. The Kier molecular flexibility index (Phi) is 5.73. The molecule has 2 aromatic heterocycles. The van der Waals surface area contributed by atoms with Gasteiger partial charge in [-0.15, -0.1) is 0 Å². The van der Waals surface area contributed by atoms with Gasteiger partial charge in [0.15, 0.2) is 0 Å². The topological polar surface area (TPSA) is 78.3 Å². The normalized spacial score (nSPS) is 13.2. The van der Waals surface area contributed by atoms with Gasteiger partial charge in [0.25, 0.3) is 5.91 Å². The Bertz CT molecular complexity index is 1270. The number of fused-ring (bicyclic) bond motifs is 1. The summed E-state index contributed by atoms with van der Waals surface area (Å²) in [5, 5.41) is 4.08.